The average Bonchev–Trinajstić information content (AvgIpc) is 2.75. The van der Waals surface area contributed by atoms with Crippen LogP contribution in [0.15, 0.2) is 116 Å². The van der Waals surface area contributed by atoms with Crippen LogP contribution in [0.25, 0.3) is 5.57 Å². The first-order chi connectivity index (χ1) is 14.1. The third kappa shape index (κ3) is 7.60. The largest absolute Gasteiger partial charge is 0.379 e. The van der Waals surface area contributed by atoms with Gasteiger partial charge in [-0.1, -0.05) is 79.9 Å². The van der Waals surface area contributed by atoms with Crippen LogP contribution in [0.4, 0.5) is 11.5 Å². The quantitative estimate of drug-likeness (QED) is 0.635. The molecule has 0 bridgehead atoms. The van der Waals surface area contributed by atoms with Crippen molar-refractivity contribution >= 4 is 17.1 Å². The van der Waals surface area contributed by atoms with Crippen molar-refractivity contribution in [2.75, 3.05) is 12.8 Å². The van der Waals surface area contributed by atoms with E-state index in [0.717, 1.165) is 27.4 Å². The molecule has 3 N–H and O–H groups in total. The van der Waals surface area contributed by atoms with Crippen molar-refractivity contribution in [1.82, 2.24) is 4.98 Å². The van der Waals surface area contributed by atoms with E-state index in [9.17, 15) is 0 Å². The predicted molar refractivity (Wildman–Crippen MR) is 128 cm³/mol. The molecule has 1 aromatic carbocycles. The van der Waals surface area contributed by atoms with Gasteiger partial charge in [0.05, 0.1) is 7.05 Å². The topological polar surface area (TPSA) is 43.4 Å². The maximum atomic E-state index is 6.03. The second-order valence-electron chi connectivity index (χ2n) is 6.09. The number of hydrogen-bond acceptors (Lipinski definition) is 2. The Kier molecular flexibility index (Phi) is 11.1. The van der Waals surface area contributed by atoms with Crippen LogP contribution in [0.5, 0.6) is 0 Å². The summed E-state index contributed by atoms with van der Waals surface area (Å²) in [6.07, 6.45) is 17.2. The Labute approximate surface area is 175 Å². The second-order valence-corrected chi connectivity index (χ2v) is 6.09. The maximum Gasteiger partial charge on any atom is 0.186 e. The molecule has 0 saturated heterocycles. The van der Waals surface area contributed by atoms with Gasteiger partial charge in [0.2, 0.25) is 0 Å². The summed E-state index contributed by atoms with van der Waals surface area (Å²) in [5, 5.41) is 0. The van der Waals surface area contributed by atoms with E-state index in [0.29, 0.717) is 5.82 Å². The Morgan fingerprint density at radius 3 is 2.24 bits per heavy atom. The zero-order chi connectivity index (χ0) is 21.5. The molecule has 0 amide bonds. The summed E-state index contributed by atoms with van der Waals surface area (Å²) < 4.78 is 0. The van der Waals surface area contributed by atoms with E-state index in [1.54, 1.807) is 12.3 Å². The number of nitrogens with one attached hydrogen (secondary N) is 1. The standard InChI is InChI=1S/C19H21N3.C7H10/c1-4-10-16(15-11-7-6-8-12-15)17(5-2)22(3)18-13-9-14-21-19(18)20;1-3-5-7-6-4-2/h4-14H,1H2,2-3H3,(H2,20,21);3-7H,1H2,2H3/p+1/b16-10-,17-5+;6-4-,7-5-. The van der Waals surface area contributed by atoms with Crippen LogP contribution in [-0.4, -0.2) is 12.0 Å². The van der Waals surface area contributed by atoms with E-state index in [4.69, 9.17) is 5.73 Å². The predicted octanol–water partition coefficient (Wildman–Crippen LogP) is 5.29. The minimum atomic E-state index is 0.547. The number of aromatic nitrogens is 1. The van der Waals surface area contributed by atoms with Crippen LogP contribution < -0.4 is 10.6 Å². The molecule has 150 valence electrons. The fourth-order valence-electron chi connectivity index (χ4n) is 2.78. The molecule has 1 aromatic heterocycles. The molecular weight excluding hydrogens is 354 g/mol. The number of quaternary nitrogens is 1. The van der Waals surface area contributed by atoms with Crippen LogP contribution in [0, 0.1) is 0 Å². The van der Waals surface area contributed by atoms with Crippen molar-refractivity contribution in [3.05, 3.63) is 122 Å². The number of likely N-dealkylation sites (N-methyl/N-ethyl adjacent to an activating group) is 1. The van der Waals surface area contributed by atoms with E-state index in [1.165, 1.54) is 0 Å². The summed E-state index contributed by atoms with van der Waals surface area (Å²) in [6.45, 7) is 11.4. The first-order valence-corrected chi connectivity index (χ1v) is 9.60. The van der Waals surface area contributed by atoms with E-state index in [1.807, 2.05) is 80.6 Å². The van der Waals surface area contributed by atoms with Gasteiger partial charge in [-0.3, -0.25) is 4.90 Å². The number of nitrogens with zero attached hydrogens (tertiary/aromatic N) is 1. The lowest BCUT2D eigenvalue weighted by molar-refractivity contribution is -0.760. The summed E-state index contributed by atoms with van der Waals surface area (Å²) >= 11 is 0. The molecule has 0 saturated carbocycles. The summed E-state index contributed by atoms with van der Waals surface area (Å²) in [6, 6.07) is 14.2. The molecular formula is C26H32N3+. The highest BCUT2D eigenvalue weighted by Gasteiger charge is 2.20. The highest BCUT2D eigenvalue weighted by atomic mass is 15.1. The molecule has 1 atom stereocenters. The molecule has 29 heavy (non-hydrogen) atoms. The van der Waals surface area contributed by atoms with Gasteiger partial charge in [-0.2, -0.15) is 0 Å². The molecule has 1 unspecified atom stereocenters. The minimum absolute atomic E-state index is 0.547. The lowest BCUT2D eigenvalue weighted by Crippen LogP contribution is -3.02. The number of rotatable bonds is 7. The van der Waals surface area contributed by atoms with Crippen molar-refractivity contribution in [1.29, 1.82) is 0 Å². The summed E-state index contributed by atoms with van der Waals surface area (Å²) in [5.41, 5.74) is 10.4. The van der Waals surface area contributed by atoms with Crippen molar-refractivity contribution in [2.45, 2.75) is 13.8 Å². The average molecular weight is 387 g/mol. The number of anilines is 1. The lowest BCUT2D eigenvalue weighted by atomic mass is 10.0. The monoisotopic (exact) mass is 386 g/mol. The Balaban J connectivity index is 0.000000516. The van der Waals surface area contributed by atoms with Gasteiger partial charge >= 0.3 is 0 Å². The van der Waals surface area contributed by atoms with E-state index >= 15 is 0 Å². The summed E-state index contributed by atoms with van der Waals surface area (Å²) in [5.74, 6) is 0.547. The van der Waals surface area contributed by atoms with E-state index in [-0.39, 0.29) is 0 Å². The SMILES string of the molecule is C=C/C=C(\C(=C/C)[NH+](C)c1cccnc1N)c1ccccc1.C=C/C=C\C=C/C. The van der Waals surface area contributed by atoms with Crippen molar-refractivity contribution in [3.8, 4) is 0 Å². The van der Waals surface area contributed by atoms with Crippen LogP contribution in [0.3, 0.4) is 0 Å². The lowest BCUT2D eigenvalue weighted by Gasteiger charge is -2.19. The molecule has 3 nitrogen and oxygen atoms in total. The fraction of sp³-hybridized carbons (Fsp3) is 0.115. The zero-order valence-electron chi connectivity index (χ0n) is 17.7. The van der Waals surface area contributed by atoms with Crippen molar-refractivity contribution in [3.63, 3.8) is 0 Å². The maximum absolute atomic E-state index is 6.03. The molecule has 0 aliphatic heterocycles. The van der Waals surface area contributed by atoms with Crippen LogP contribution in [-0.2, 0) is 0 Å². The van der Waals surface area contributed by atoms with Gasteiger partial charge in [-0.05, 0) is 37.6 Å². The minimum Gasteiger partial charge on any atom is -0.379 e. The van der Waals surface area contributed by atoms with Crippen LogP contribution in [0.1, 0.15) is 19.4 Å². The number of nitrogen functional groups attached to an aromatic ring is 1. The fourth-order valence-corrected chi connectivity index (χ4v) is 2.78. The smallest absolute Gasteiger partial charge is 0.186 e. The molecule has 0 spiro atoms. The normalized spacial score (nSPS) is 13.1. The van der Waals surface area contributed by atoms with Crippen molar-refractivity contribution < 1.29 is 4.90 Å². The number of pyridine rings is 1. The molecule has 0 aliphatic carbocycles. The first kappa shape index (κ1) is 23.6. The highest BCUT2D eigenvalue weighted by Crippen LogP contribution is 2.21. The van der Waals surface area contributed by atoms with Gasteiger partial charge in [0.25, 0.3) is 0 Å². The van der Waals surface area contributed by atoms with Gasteiger partial charge in [-0.25, -0.2) is 4.98 Å². The third-order valence-corrected chi connectivity index (χ3v) is 4.15. The molecule has 3 heteroatoms. The molecule has 1 heterocycles. The number of benzene rings is 1. The first-order valence-electron chi connectivity index (χ1n) is 9.60. The molecule has 2 aromatic rings. The molecule has 0 aliphatic rings. The molecule has 2 rings (SSSR count). The van der Waals surface area contributed by atoms with Gasteiger partial charge in [0, 0.05) is 17.8 Å². The second kappa shape index (κ2) is 13.7. The van der Waals surface area contributed by atoms with Crippen molar-refractivity contribution in [2.24, 2.45) is 0 Å². The van der Waals surface area contributed by atoms with Gasteiger partial charge in [0.15, 0.2) is 11.5 Å². The Morgan fingerprint density at radius 1 is 0.966 bits per heavy atom. The highest BCUT2D eigenvalue weighted by molar-refractivity contribution is 5.78. The van der Waals surface area contributed by atoms with Gasteiger partial charge in [-0.15, -0.1) is 0 Å². The zero-order valence-corrected chi connectivity index (χ0v) is 17.7. The van der Waals surface area contributed by atoms with Gasteiger partial charge < -0.3 is 5.73 Å². The van der Waals surface area contributed by atoms with Crippen LogP contribution in [0.2, 0.25) is 0 Å². The Hall–Kier alpha value is -3.43. The summed E-state index contributed by atoms with van der Waals surface area (Å²) in [7, 11) is 2.07. The number of hydrogen-bond donors (Lipinski definition) is 2. The number of nitrogens with two attached hydrogens (primary N) is 1. The summed E-state index contributed by atoms with van der Waals surface area (Å²) in [4.78, 5) is 5.29. The Bertz CT molecular complexity index is 887. The van der Waals surface area contributed by atoms with E-state index < -0.39 is 0 Å². The number of allylic oxidation sites excluding steroid dienone is 9. The van der Waals surface area contributed by atoms with Crippen LogP contribution >= 0.6 is 0 Å². The van der Waals surface area contributed by atoms with Gasteiger partial charge in [0.1, 0.15) is 5.70 Å². The van der Waals surface area contributed by atoms with E-state index in [2.05, 4.69) is 43.4 Å². The Morgan fingerprint density at radius 2 is 1.69 bits per heavy atom. The third-order valence-electron chi connectivity index (χ3n) is 4.15. The molecule has 0 radical (unpaired) electrons. The molecule has 0 fully saturated rings.